The number of carbonyl (C=O) groups is 1. The first-order valence-corrected chi connectivity index (χ1v) is 7.77. The third-order valence-electron chi connectivity index (χ3n) is 4.13. The number of amides is 1. The van der Waals surface area contributed by atoms with Crippen LogP contribution in [0.15, 0.2) is 10.6 Å². The van der Waals surface area contributed by atoms with Crippen molar-refractivity contribution in [3.05, 3.63) is 11.8 Å². The number of nitrogens with one attached hydrogen (secondary N) is 1. The minimum absolute atomic E-state index is 0.0132. The molecular formula is C15H22N2O4. The van der Waals surface area contributed by atoms with E-state index in [0.717, 1.165) is 38.0 Å². The van der Waals surface area contributed by atoms with Crippen LogP contribution in [0.2, 0.25) is 0 Å². The molecule has 1 saturated heterocycles. The molecule has 1 aliphatic heterocycles. The van der Waals surface area contributed by atoms with Gasteiger partial charge in [0.1, 0.15) is 6.61 Å². The summed E-state index contributed by atoms with van der Waals surface area (Å²) in [5.74, 6) is 0.667. The Morgan fingerprint density at radius 3 is 2.95 bits per heavy atom. The van der Waals surface area contributed by atoms with Crippen LogP contribution in [-0.2, 0) is 14.3 Å². The molecule has 1 aromatic rings. The molecule has 0 bridgehead atoms. The molecule has 1 amide bonds. The lowest BCUT2D eigenvalue weighted by Gasteiger charge is -2.09. The molecule has 1 unspecified atom stereocenters. The molecule has 0 spiro atoms. The van der Waals surface area contributed by atoms with Gasteiger partial charge in [0.2, 0.25) is 5.88 Å². The summed E-state index contributed by atoms with van der Waals surface area (Å²) in [6.45, 7) is 1.28. The van der Waals surface area contributed by atoms with Gasteiger partial charge in [-0.1, -0.05) is 18.0 Å². The van der Waals surface area contributed by atoms with Crippen molar-refractivity contribution in [1.82, 2.24) is 5.16 Å². The van der Waals surface area contributed by atoms with Crippen molar-refractivity contribution in [1.29, 1.82) is 0 Å². The second-order valence-electron chi connectivity index (χ2n) is 5.80. The maximum atomic E-state index is 11.8. The summed E-state index contributed by atoms with van der Waals surface area (Å²) in [5.41, 5.74) is 0.947. The predicted octanol–water partition coefficient (Wildman–Crippen LogP) is 2.47. The van der Waals surface area contributed by atoms with Crippen molar-refractivity contribution in [2.75, 3.05) is 25.1 Å². The minimum atomic E-state index is -0.220. The van der Waals surface area contributed by atoms with Gasteiger partial charge in [-0.2, -0.15) is 0 Å². The van der Waals surface area contributed by atoms with Crippen molar-refractivity contribution in [2.45, 2.75) is 50.5 Å². The first-order chi connectivity index (χ1) is 10.3. The van der Waals surface area contributed by atoms with Gasteiger partial charge < -0.3 is 14.0 Å². The van der Waals surface area contributed by atoms with Crippen LogP contribution in [0, 0.1) is 0 Å². The normalized spacial score (nSPS) is 22.8. The van der Waals surface area contributed by atoms with E-state index in [4.69, 9.17) is 14.0 Å². The molecule has 116 valence electrons. The first-order valence-electron chi connectivity index (χ1n) is 7.77. The largest absolute Gasteiger partial charge is 0.376 e. The highest BCUT2D eigenvalue weighted by Crippen LogP contribution is 2.34. The number of hydrogen-bond acceptors (Lipinski definition) is 5. The number of hydrogen-bond donors (Lipinski definition) is 1. The molecule has 2 aliphatic rings. The summed E-state index contributed by atoms with van der Waals surface area (Å²) < 4.78 is 16.0. The third kappa shape index (κ3) is 4.04. The molecule has 2 heterocycles. The predicted molar refractivity (Wildman–Crippen MR) is 76.1 cm³/mol. The Kier molecular flexibility index (Phi) is 4.87. The van der Waals surface area contributed by atoms with E-state index in [9.17, 15) is 4.79 Å². The first kappa shape index (κ1) is 14.5. The summed E-state index contributed by atoms with van der Waals surface area (Å²) in [4.78, 5) is 11.8. The maximum absolute atomic E-state index is 11.8. The van der Waals surface area contributed by atoms with E-state index in [0.29, 0.717) is 18.4 Å². The molecule has 1 atom stereocenters. The summed E-state index contributed by atoms with van der Waals surface area (Å²) >= 11 is 0. The Morgan fingerprint density at radius 2 is 2.19 bits per heavy atom. The Labute approximate surface area is 124 Å². The van der Waals surface area contributed by atoms with E-state index in [1.807, 2.05) is 6.07 Å². The van der Waals surface area contributed by atoms with E-state index in [1.54, 1.807) is 0 Å². The Hall–Kier alpha value is -1.40. The van der Waals surface area contributed by atoms with E-state index in [1.165, 1.54) is 12.8 Å². The molecule has 2 fully saturated rings. The summed E-state index contributed by atoms with van der Waals surface area (Å²) in [5, 5.41) is 6.72. The van der Waals surface area contributed by atoms with Crippen molar-refractivity contribution in [2.24, 2.45) is 0 Å². The molecule has 1 aliphatic carbocycles. The van der Waals surface area contributed by atoms with Crippen LogP contribution in [0.4, 0.5) is 5.88 Å². The average molecular weight is 294 g/mol. The Balaban J connectivity index is 1.39. The molecule has 1 aromatic heterocycles. The molecule has 0 radical (unpaired) electrons. The zero-order valence-electron chi connectivity index (χ0n) is 12.2. The lowest BCUT2D eigenvalue weighted by atomic mass is 10.0. The van der Waals surface area contributed by atoms with Crippen LogP contribution in [0.5, 0.6) is 0 Å². The zero-order chi connectivity index (χ0) is 14.5. The Bertz CT molecular complexity index is 462. The van der Waals surface area contributed by atoms with Gasteiger partial charge in [0, 0.05) is 18.6 Å². The van der Waals surface area contributed by atoms with Gasteiger partial charge in [0.05, 0.1) is 18.4 Å². The van der Waals surface area contributed by atoms with Crippen LogP contribution in [-0.4, -0.2) is 37.0 Å². The fourth-order valence-electron chi connectivity index (χ4n) is 2.99. The van der Waals surface area contributed by atoms with Crippen molar-refractivity contribution < 1.29 is 18.8 Å². The van der Waals surface area contributed by atoms with Gasteiger partial charge >= 0.3 is 0 Å². The lowest BCUT2D eigenvalue weighted by Crippen LogP contribution is -2.22. The van der Waals surface area contributed by atoms with Crippen LogP contribution >= 0.6 is 0 Å². The molecule has 21 heavy (non-hydrogen) atoms. The second-order valence-corrected chi connectivity index (χ2v) is 5.80. The van der Waals surface area contributed by atoms with Gasteiger partial charge in [-0.15, -0.1) is 0 Å². The molecule has 6 nitrogen and oxygen atoms in total. The SMILES string of the molecule is O=C(COCC1CCCO1)Nc1cc(C2CCCC2)no1. The number of carbonyl (C=O) groups excluding carboxylic acids is 1. The molecule has 3 rings (SSSR count). The smallest absolute Gasteiger partial charge is 0.252 e. The highest BCUT2D eigenvalue weighted by molar-refractivity contribution is 5.90. The number of anilines is 1. The number of aromatic nitrogens is 1. The average Bonchev–Trinajstić information content (AvgIpc) is 3.21. The van der Waals surface area contributed by atoms with E-state index in [2.05, 4.69) is 10.5 Å². The maximum Gasteiger partial charge on any atom is 0.252 e. The number of nitrogens with zero attached hydrogens (tertiary/aromatic N) is 1. The number of ether oxygens (including phenoxy) is 2. The standard InChI is InChI=1S/C15H22N2O4/c18-14(10-19-9-12-6-3-7-20-12)16-15-8-13(17-21-15)11-4-1-2-5-11/h8,11-12H,1-7,9-10H2,(H,16,18). The number of rotatable bonds is 6. The van der Waals surface area contributed by atoms with Crippen molar-refractivity contribution in [3.63, 3.8) is 0 Å². The van der Waals surface area contributed by atoms with Crippen LogP contribution in [0.3, 0.4) is 0 Å². The fraction of sp³-hybridized carbons (Fsp3) is 0.733. The highest BCUT2D eigenvalue weighted by Gasteiger charge is 2.21. The third-order valence-corrected chi connectivity index (χ3v) is 4.13. The van der Waals surface area contributed by atoms with Gasteiger partial charge in [0.15, 0.2) is 0 Å². The topological polar surface area (TPSA) is 73.6 Å². The van der Waals surface area contributed by atoms with E-state index < -0.39 is 0 Å². The minimum Gasteiger partial charge on any atom is -0.376 e. The van der Waals surface area contributed by atoms with Gasteiger partial charge in [-0.25, -0.2) is 0 Å². The molecule has 1 N–H and O–H groups in total. The summed E-state index contributed by atoms with van der Waals surface area (Å²) in [6.07, 6.45) is 7.02. The van der Waals surface area contributed by atoms with Gasteiger partial charge in [-0.05, 0) is 25.7 Å². The lowest BCUT2D eigenvalue weighted by molar-refractivity contribution is -0.121. The summed E-state index contributed by atoms with van der Waals surface area (Å²) in [6, 6.07) is 1.83. The van der Waals surface area contributed by atoms with E-state index >= 15 is 0 Å². The van der Waals surface area contributed by atoms with Crippen LogP contribution in [0.25, 0.3) is 0 Å². The van der Waals surface area contributed by atoms with Crippen molar-refractivity contribution in [3.8, 4) is 0 Å². The van der Waals surface area contributed by atoms with Crippen LogP contribution in [0.1, 0.15) is 50.1 Å². The molecule has 0 aromatic carbocycles. The monoisotopic (exact) mass is 294 g/mol. The highest BCUT2D eigenvalue weighted by atomic mass is 16.5. The molecule has 1 saturated carbocycles. The Morgan fingerprint density at radius 1 is 1.33 bits per heavy atom. The van der Waals surface area contributed by atoms with E-state index in [-0.39, 0.29) is 18.6 Å². The van der Waals surface area contributed by atoms with Gasteiger partial charge in [-0.3, -0.25) is 10.1 Å². The summed E-state index contributed by atoms with van der Waals surface area (Å²) in [7, 11) is 0. The molecule has 6 heteroatoms. The zero-order valence-corrected chi connectivity index (χ0v) is 12.2. The van der Waals surface area contributed by atoms with Crippen LogP contribution < -0.4 is 5.32 Å². The quantitative estimate of drug-likeness (QED) is 0.872. The van der Waals surface area contributed by atoms with Gasteiger partial charge in [0.25, 0.3) is 5.91 Å². The second kappa shape index (κ2) is 7.04. The fourth-order valence-corrected chi connectivity index (χ4v) is 2.99. The van der Waals surface area contributed by atoms with Crippen molar-refractivity contribution >= 4 is 11.8 Å². The molecular weight excluding hydrogens is 272 g/mol.